The second-order valence-corrected chi connectivity index (χ2v) is 27.5. The number of ketones is 1. The zero-order valence-electron chi connectivity index (χ0n) is 30.9. The lowest BCUT2D eigenvalue weighted by molar-refractivity contribution is -0.140. The van der Waals surface area contributed by atoms with E-state index >= 15 is 0 Å². The molecule has 1 heterocycles. The zero-order chi connectivity index (χ0) is 34.4. The number of unbranched alkanes of at least 4 members (excludes halogenated alkanes) is 1. The summed E-state index contributed by atoms with van der Waals surface area (Å²) in [7, 11) is -2.93. The van der Waals surface area contributed by atoms with Crippen molar-refractivity contribution in [3.05, 3.63) is 46.4 Å². The third-order valence-corrected chi connectivity index (χ3v) is 21.2. The van der Waals surface area contributed by atoms with Crippen LogP contribution in [0.15, 0.2) is 41.5 Å². The van der Waals surface area contributed by atoms with E-state index in [-0.39, 0.29) is 39.8 Å². The molecule has 0 amide bonds. The third kappa shape index (κ3) is 10.3. The first-order valence-corrected chi connectivity index (χ1v) is 24.3. The van der Waals surface area contributed by atoms with Crippen molar-refractivity contribution in [3.8, 4) is 0 Å². The van der Waals surface area contributed by atoms with Crippen LogP contribution in [0.4, 0.5) is 0 Å². The second kappa shape index (κ2) is 15.8. The molecular formula is C38H64O5SSi2. The van der Waals surface area contributed by atoms with Gasteiger partial charge in [0.25, 0.3) is 0 Å². The number of methoxy groups -OCH3 is 1. The van der Waals surface area contributed by atoms with Gasteiger partial charge in [-0.15, -0.1) is 11.3 Å². The Morgan fingerprint density at radius 1 is 1.02 bits per heavy atom. The van der Waals surface area contributed by atoms with Crippen molar-refractivity contribution in [2.75, 3.05) is 7.11 Å². The van der Waals surface area contributed by atoms with Crippen LogP contribution < -0.4 is 0 Å². The number of carbonyl (C=O) groups is 2. The Morgan fingerprint density at radius 2 is 1.70 bits per heavy atom. The van der Waals surface area contributed by atoms with Crippen molar-refractivity contribution in [2.24, 2.45) is 17.3 Å². The van der Waals surface area contributed by atoms with Gasteiger partial charge in [-0.05, 0) is 111 Å². The SMILES string of the molecule is COC(=O)CCC/C=C\C[C@H]1C(=O)C[C@@H](O[Si](C)(C)C(C)(C)C)[C@@H]1/C(=C\CCC1(Cc2cccs2)CCC1)O[Si](C)(C)C(C)(C)C. The standard InChI is InChI=1S/C38H64O5SSi2/c1-36(2,3)45(8,9)42-32(21-16-23-38(24-18-25-38)28-29-19-17-26-44-29)35-30(20-14-12-13-15-22-34(40)41-7)31(39)27-33(35)43-46(10,11)37(4,5)6/h12,14,17,19,21,26,30,33,35H,13,15-16,18,20,22-25,27-28H2,1-11H3/b14-12-,32-21+/t30-,33+,35-/m0/s1. The Morgan fingerprint density at radius 3 is 2.24 bits per heavy atom. The Kier molecular flexibility index (Phi) is 13.4. The van der Waals surface area contributed by atoms with Crippen LogP contribution in [-0.2, 0) is 29.6 Å². The number of hydrogen-bond donors (Lipinski definition) is 0. The Labute approximate surface area is 287 Å². The van der Waals surface area contributed by atoms with E-state index in [1.54, 1.807) is 0 Å². The largest absolute Gasteiger partial charge is 0.546 e. The summed E-state index contributed by atoms with van der Waals surface area (Å²) >= 11 is 1.88. The molecule has 1 aromatic heterocycles. The fraction of sp³-hybridized carbons (Fsp3) is 0.737. The van der Waals surface area contributed by atoms with Crippen molar-refractivity contribution < 1.29 is 23.2 Å². The van der Waals surface area contributed by atoms with Crippen LogP contribution in [-0.4, -0.2) is 41.6 Å². The molecule has 3 atom stereocenters. The predicted molar refractivity (Wildman–Crippen MR) is 198 cm³/mol. The number of rotatable bonds is 16. The average Bonchev–Trinajstić information content (AvgIpc) is 3.53. The minimum Gasteiger partial charge on any atom is -0.546 e. The van der Waals surface area contributed by atoms with E-state index in [2.05, 4.69) is 103 Å². The van der Waals surface area contributed by atoms with Gasteiger partial charge >= 0.3 is 5.97 Å². The molecule has 3 rings (SSSR count). The molecule has 1 aromatic rings. The summed E-state index contributed by atoms with van der Waals surface area (Å²) in [6.07, 6.45) is 16.7. The minimum atomic E-state index is -2.20. The predicted octanol–water partition coefficient (Wildman–Crippen LogP) is 11.0. The molecule has 0 aliphatic heterocycles. The fourth-order valence-electron chi connectivity index (χ4n) is 6.28. The molecule has 0 bridgehead atoms. The smallest absolute Gasteiger partial charge is 0.305 e. The highest BCUT2D eigenvalue weighted by Crippen LogP contribution is 2.50. The molecule has 2 aliphatic rings. The van der Waals surface area contributed by atoms with Crippen LogP contribution in [0.25, 0.3) is 0 Å². The van der Waals surface area contributed by atoms with Gasteiger partial charge in [0.2, 0.25) is 8.32 Å². The summed E-state index contributed by atoms with van der Waals surface area (Å²) in [6, 6.07) is 4.46. The number of carbonyl (C=O) groups excluding carboxylic acids is 2. The van der Waals surface area contributed by atoms with Crippen molar-refractivity contribution in [3.63, 3.8) is 0 Å². The van der Waals surface area contributed by atoms with Gasteiger partial charge in [-0.3, -0.25) is 9.59 Å². The molecule has 2 saturated carbocycles. The summed E-state index contributed by atoms with van der Waals surface area (Å²) < 4.78 is 19.2. The van der Waals surface area contributed by atoms with Gasteiger partial charge < -0.3 is 13.6 Å². The topological polar surface area (TPSA) is 61.8 Å². The van der Waals surface area contributed by atoms with Gasteiger partial charge in [0.1, 0.15) is 5.78 Å². The van der Waals surface area contributed by atoms with E-state index in [4.69, 9.17) is 13.6 Å². The fourth-order valence-corrected chi connectivity index (χ4v) is 9.62. The van der Waals surface area contributed by atoms with Crippen LogP contribution >= 0.6 is 11.3 Å². The summed E-state index contributed by atoms with van der Waals surface area (Å²) in [6.45, 7) is 22.9. The highest BCUT2D eigenvalue weighted by atomic mass is 32.1. The van der Waals surface area contributed by atoms with Crippen LogP contribution in [0.1, 0.15) is 111 Å². The Balaban J connectivity index is 1.94. The summed E-state index contributed by atoms with van der Waals surface area (Å²) in [5.74, 6) is 0.847. The van der Waals surface area contributed by atoms with Crippen molar-refractivity contribution in [1.29, 1.82) is 0 Å². The number of hydrogen-bond acceptors (Lipinski definition) is 6. The van der Waals surface area contributed by atoms with E-state index in [0.29, 0.717) is 24.7 Å². The average molecular weight is 689 g/mol. The third-order valence-electron chi connectivity index (χ3n) is 11.5. The summed E-state index contributed by atoms with van der Waals surface area (Å²) in [5, 5.41) is 2.27. The lowest BCUT2D eigenvalue weighted by atomic mass is 9.64. The number of Topliss-reactive ketones (excluding diaryl/α,β-unsaturated/α-hetero) is 1. The molecule has 0 saturated heterocycles. The molecular weight excluding hydrogens is 625 g/mol. The van der Waals surface area contributed by atoms with E-state index in [1.807, 2.05) is 11.3 Å². The molecule has 0 N–H and O–H groups in total. The first-order valence-electron chi connectivity index (χ1n) is 17.6. The highest BCUT2D eigenvalue weighted by Gasteiger charge is 2.51. The van der Waals surface area contributed by atoms with E-state index < -0.39 is 16.6 Å². The van der Waals surface area contributed by atoms with Crippen molar-refractivity contribution >= 4 is 39.7 Å². The Bertz CT molecular complexity index is 1200. The van der Waals surface area contributed by atoms with Gasteiger partial charge in [-0.25, -0.2) is 0 Å². The molecule has 0 radical (unpaired) electrons. The highest BCUT2D eigenvalue weighted by molar-refractivity contribution is 7.09. The Hall–Kier alpha value is -1.49. The quantitative estimate of drug-likeness (QED) is 0.0569. The first kappa shape index (κ1) is 39.0. The molecule has 46 heavy (non-hydrogen) atoms. The minimum absolute atomic E-state index is 0.0356. The van der Waals surface area contributed by atoms with E-state index in [9.17, 15) is 9.59 Å². The number of esters is 1. The number of allylic oxidation sites excluding steroid dienone is 3. The monoisotopic (exact) mass is 688 g/mol. The number of ether oxygens (including phenoxy) is 1. The zero-order valence-corrected chi connectivity index (χ0v) is 33.7. The molecule has 0 aromatic carbocycles. The maximum atomic E-state index is 13.9. The molecule has 260 valence electrons. The van der Waals surface area contributed by atoms with Crippen LogP contribution in [0.3, 0.4) is 0 Å². The normalized spacial score (nSPS) is 22.7. The van der Waals surface area contributed by atoms with Crippen molar-refractivity contribution in [1.82, 2.24) is 0 Å². The molecule has 0 spiro atoms. The van der Waals surface area contributed by atoms with E-state index in [1.165, 1.54) is 37.7 Å². The maximum absolute atomic E-state index is 13.9. The lowest BCUT2D eigenvalue weighted by Crippen LogP contribution is -2.47. The summed E-state index contributed by atoms with van der Waals surface area (Å²) in [5.41, 5.74) is 0.373. The van der Waals surface area contributed by atoms with Gasteiger partial charge in [-0.1, -0.05) is 66.2 Å². The van der Waals surface area contributed by atoms with Crippen LogP contribution in [0.2, 0.25) is 36.3 Å². The van der Waals surface area contributed by atoms with Crippen LogP contribution in [0, 0.1) is 17.3 Å². The van der Waals surface area contributed by atoms with Crippen LogP contribution in [0.5, 0.6) is 0 Å². The maximum Gasteiger partial charge on any atom is 0.305 e. The van der Waals surface area contributed by atoms with Crippen molar-refractivity contribution in [2.45, 2.75) is 155 Å². The lowest BCUT2D eigenvalue weighted by Gasteiger charge is -2.43. The van der Waals surface area contributed by atoms with Gasteiger partial charge in [0.05, 0.1) is 24.9 Å². The van der Waals surface area contributed by atoms with Gasteiger partial charge in [-0.2, -0.15) is 0 Å². The first-order chi connectivity index (χ1) is 21.3. The molecule has 5 nitrogen and oxygen atoms in total. The molecule has 8 heteroatoms. The summed E-state index contributed by atoms with van der Waals surface area (Å²) in [4.78, 5) is 26.9. The van der Waals surface area contributed by atoms with Gasteiger partial charge in [0.15, 0.2) is 8.32 Å². The molecule has 2 fully saturated rings. The van der Waals surface area contributed by atoms with Gasteiger partial charge in [0, 0.05) is 23.6 Å². The second-order valence-electron chi connectivity index (χ2n) is 17.0. The molecule has 2 aliphatic carbocycles. The number of thiophene rings is 1. The molecule has 0 unspecified atom stereocenters. The van der Waals surface area contributed by atoms with E-state index in [0.717, 1.165) is 31.4 Å².